The van der Waals surface area contributed by atoms with Gasteiger partial charge in [0.2, 0.25) is 0 Å². The van der Waals surface area contributed by atoms with Crippen LogP contribution in [0.25, 0.3) is 10.9 Å². The molecular formula is C19H20N4O. The Labute approximate surface area is 141 Å². The predicted molar refractivity (Wildman–Crippen MR) is 94.9 cm³/mol. The number of hydrogen-bond acceptors (Lipinski definition) is 5. The van der Waals surface area contributed by atoms with E-state index in [0.29, 0.717) is 6.61 Å². The smallest absolute Gasteiger partial charge is 0.161 e. The van der Waals surface area contributed by atoms with Crippen LogP contribution in [0.3, 0.4) is 0 Å². The zero-order chi connectivity index (χ0) is 16.2. The number of nitrogens with one attached hydrogen (secondary N) is 2. The van der Waals surface area contributed by atoms with Crippen molar-refractivity contribution >= 4 is 16.7 Å². The lowest BCUT2D eigenvalue weighted by atomic mass is 10.2. The molecule has 0 radical (unpaired) electrons. The molecule has 1 unspecified atom stereocenters. The molecule has 1 fully saturated rings. The van der Waals surface area contributed by atoms with Crippen molar-refractivity contribution in [2.75, 3.05) is 25.0 Å². The van der Waals surface area contributed by atoms with E-state index in [1.54, 1.807) is 0 Å². The standard InChI is InChI=1S/C19H20N4O/c1-2-6-14(7-3-1)12-21-18-15-8-4-5-9-16(15)22-19(23-18)17-13-20-10-11-24-17/h1-9,17,20H,10-13H2,(H,21,22,23). The molecule has 4 rings (SSSR count). The predicted octanol–water partition coefficient (Wildman–Crippen LogP) is 2.90. The number of benzene rings is 2. The van der Waals surface area contributed by atoms with Crippen molar-refractivity contribution in [1.29, 1.82) is 0 Å². The summed E-state index contributed by atoms with van der Waals surface area (Å²) in [5.74, 6) is 1.59. The fourth-order valence-electron chi connectivity index (χ4n) is 2.89. The fraction of sp³-hybridized carbons (Fsp3) is 0.263. The highest BCUT2D eigenvalue weighted by Gasteiger charge is 2.20. The van der Waals surface area contributed by atoms with Crippen LogP contribution in [0.5, 0.6) is 0 Å². The highest BCUT2D eigenvalue weighted by molar-refractivity contribution is 5.89. The third-order valence-electron chi connectivity index (χ3n) is 4.14. The van der Waals surface area contributed by atoms with Crippen molar-refractivity contribution in [3.63, 3.8) is 0 Å². The largest absolute Gasteiger partial charge is 0.368 e. The molecule has 1 aromatic heterocycles. The lowest BCUT2D eigenvalue weighted by molar-refractivity contribution is 0.0224. The van der Waals surface area contributed by atoms with Gasteiger partial charge in [0.05, 0.1) is 12.1 Å². The zero-order valence-electron chi connectivity index (χ0n) is 13.4. The molecule has 5 heteroatoms. The summed E-state index contributed by atoms with van der Waals surface area (Å²) in [4.78, 5) is 9.45. The molecule has 0 amide bonds. The number of rotatable bonds is 4. The number of ether oxygens (including phenoxy) is 1. The van der Waals surface area contributed by atoms with Crippen molar-refractivity contribution in [3.05, 3.63) is 66.0 Å². The summed E-state index contributed by atoms with van der Waals surface area (Å²) in [7, 11) is 0. The van der Waals surface area contributed by atoms with Gasteiger partial charge in [-0.25, -0.2) is 9.97 Å². The Balaban J connectivity index is 1.66. The lowest BCUT2D eigenvalue weighted by Gasteiger charge is -2.23. The van der Waals surface area contributed by atoms with Gasteiger partial charge in [0.15, 0.2) is 5.82 Å². The topological polar surface area (TPSA) is 59.1 Å². The van der Waals surface area contributed by atoms with E-state index in [9.17, 15) is 0 Å². The maximum absolute atomic E-state index is 5.82. The van der Waals surface area contributed by atoms with Gasteiger partial charge in [-0.2, -0.15) is 0 Å². The van der Waals surface area contributed by atoms with Gasteiger partial charge in [-0.05, 0) is 17.7 Å². The van der Waals surface area contributed by atoms with Gasteiger partial charge in [-0.15, -0.1) is 0 Å². The van der Waals surface area contributed by atoms with E-state index in [2.05, 4.69) is 22.8 Å². The van der Waals surface area contributed by atoms with E-state index in [4.69, 9.17) is 14.7 Å². The third kappa shape index (κ3) is 3.22. The minimum absolute atomic E-state index is 0.0966. The van der Waals surface area contributed by atoms with Crippen LogP contribution in [0.15, 0.2) is 54.6 Å². The normalized spacial score (nSPS) is 17.8. The highest BCUT2D eigenvalue weighted by atomic mass is 16.5. The van der Waals surface area contributed by atoms with Crippen molar-refractivity contribution in [2.24, 2.45) is 0 Å². The molecule has 1 aliphatic heterocycles. The Bertz CT molecular complexity index is 816. The molecule has 1 aliphatic rings. The third-order valence-corrected chi connectivity index (χ3v) is 4.14. The summed E-state index contributed by atoms with van der Waals surface area (Å²) < 4.78 is 5.82. The van der Waals surface area contributed by atoms with Gasteiger partial charge in [0, 0.05) is 25.0 Å². The SMILES string of the molecule is c1ccc(CNc2nc(C3CNCCO3)nc3ccccc23)cc1. The molecule has 1 atom stereocenters. The zero-order valence-corrected chi connectivity index (χ0v) is 13.4. The van der Waals surface area contributed by atoms with E-state index in [1.807, 2.05) is 42.5 Å². The number of para-hydroxylation sites is 1. The van der Waals surface area contributed by atoms with Crippen LogP contribution in [0, 0.1) is 0 Å². The average molecular weight is 320 g/mol. The van der Waals surface area contributed by atoms with Crippen LogP contribution in [0.4, 0.5) is 5.82 Å². The highest BCUT2D eigenvalue weighted by Crippen LogP contribution is 2.24. The van der Waals surface area contributed by atoms with Crippen LogP contribution in [0.2, 0.25) is 0 Å². The van der Waals surface area contributed by atoms with E-state index in [-0.39, 0.29) is 6.10 Å². The second-order valence-electron chi connectivity index (χ2n) is 5.85. The van der Waals surface area contributed by atoms with Crippen molar-refractivity contribution < 1.29 is 4.74 Å². The fourth-order valence-corrected chi connectivity index (χ4v) is 2.89. The van der Waals surface area contributed by atoms with Crippen LogP contribution in [-0.2, 0) is 11.3 Å². The maximum atomic E-state index is 5.82. The molecule has 122 valence electrons. The Morgan fingerprint density at radius 3 is 2.71 bits per heavy atom. The first-order valence-corrected chi connectivity index (χ1v) is 8.27. The van der Waals surface area contributed by atoms with Crippen LogP contribution in [-0.4, -0.2) is 29.7 Å². The molecule has 2 heterocycles. The van der Waals surface area contributed by atoms with Gasteiger partial charge < -0.3 is 15.4 Å². The van der Waals surface area contributed by atoms with Crippen molar-refractivity contribution in [1.82, 2.24) is 15.3 Å². The second kappa shape index (κ2) is 6.95. The number of anilines is 1. The summed E-state index contributed by atoms with van der Waals surface area (Å²) in [5, 5.41) is 7.82. The Kier molecular flexibility index (Phi) is 4.36. The first-order chi connectivity index (χ1) is 11.9. The van der Waals surface area contributed by atoms with Gasteiger partial charge >= 0.3 is 0 Å². The molecule has 3 aromatic rings. The molecule has 2 N–H and O–H groups in total. The molecular weight excluding hydrogens is 300 g/mol. The van der Waals surface area contributed by atoms with Crippen LogP contribution < -0.4 is 10.6 Å². The van der Waals surface area contributed by atoms with E-state index in [1.165, 1.54) is 5.56 Å². The minimum Gasteiger partial charge on any atom is -0.368 e. The van der Waals surface area contributed by atoms with Gasteiger partial charge in [0.1, 0.15) is 11.9 Å². The molecule has 24 heavy (non-hydrogen) atoms. The second-order valence-corrected chi connectivity index (χ2v) is 5.85. The summed E-state index contributed by atoms with van der Waals surface area (Å²) in [6.45, 7) is 3.04. The Morgan fingerprint density at radius 1 is 1.04 bits per heavy atom. The summed E-state index contributed by atoms with van der Waals surface area (Å²) in [6.07, 6.45) is -0.0966. The van der Waals surface area contributed by atoms with E-state index in [0.717, 1.165) is 42.2 Å². The van der Waals surface area contributed by atoms with Gasteiger partial charge in [-0.3, -0.25) is 0 Å². The maximum Gasteiger partial charge on any atom is 0.161 e. The summed E-state index contributed by atoms with van der Waals surface area (Å²) >= 11 is 0. The lowest BCUT2D eigenvalue weighted by Crippen LogP contribution is -2.34. The number of hydrogen-bond donors (Lipinski definition) is 2. The minimum atomic E-state index is -0.0966. The van der Waals surface area contributed by atoms with Gasteiger partial charge in [-0.1, -0.05) is 42.5 Å². The number of aromatic nitrogens is 2. The number of fused-ring (bicyclic) bond motifs is 1. The first-order valence-electron chi connectivity index (χ1n) is 8.27. The Morgan fingerprint density at radius 2 is 1.88 bits per heavy atom. The molecule has 1 saturated heterocycles. The van der Waals surface area contributed by atoms with Crippen LogP contribution >= 0.6 is 0 Å². The average Bonchev–Trinajstić information content (AvgIpc) is 2.67. The van der Waals surface area contributed by atoms with Crippen molar-refractivity contribution in [3.8, 4) is 0 Å². The van der Waals surface area contributed by atoms with Crippen molar-refractivity contribution in [2.45, 2.75) is 12.6 Å². The van der Waals surface area contributed by atoms with E-state index >= 15 is 0 Å². The molecule has 0 bridgehead atoms. The number of nitrogens with zero attached hydrogens (tertiary/aromatic N) is 2. The molecule has 5 nitrogen and oxygen atoms in total. The quantitative estimate of drug-likeness (QED) is 0.774. The molecule has 0 aliphatic carbocycles. The monoisotopic (exact) mass is 320 g/mol. The Hall–Kier alpha value is -2.50. The van der Waals surface area contributed by atoms with Gasteiger partial charge in [0.25, 0.3) is 0 Å². The first kappa shape index (κ1) is 15.1. The number of morpholine rings is 1. The molecule has 2 aromatic carbocycles. The van der Waals surface area contributed by atoms with E-state index < -0.39 is 0 Å². The molecule has 0 saturated carbocycles. The molecule has 0 spiro atoms. The summed E-state index contributed by atoms with van der Waals surface area (Å²) in [6, 6.07) is 18.4. The summed E-state index contributed by atoms with van der Waals surface area (Å²) in [5.41, 5.74) is 2.16. The van der Waals surface area contributed by atoms with Crippen LogP contribution in [0.1, 0.15) is 17.5 Å².